The molecule has 0 aromatic carbocycles. The molecule has 1 aromatic rings. The standard InChI is InChI=1S/C14H21N3O/c1-3-14-13(9-15)8-12(11-17-14)10-16-6-5-7-18-4-2/h8,11,16H,3-7,10H2,1-2H3. The third-order valence-corrected chi connectivity index (χ3v) is 2.66. The summed E-state index contributed by atoms with van der Waals surface area (Å²) in [5.74, 6) is 0. The normalized spacial score (nSPS) is 10.3. The number of aryl methyl sites for hydroxylation is 1. The molecule has 1 heterocycles. The highest BCUT2D eigenvalue weighted by molar-refractivity contribution is 5.35. The zero-order valence-electron chi connectivity index (χ0n) is 11.2. The molecule has 98 valence electrons. The Balaban J connectivity index is 2.37. The third kappa shape index (κ3) is 4.82. The second-order valence-corrected chi connectivity index (χ2v) is 4.03. The van der Waals surface area contributed by atoms with Crippen molar-refractivity contribution in [1.82, 2.24) is 10.3 Å². The molecular weight excluding hydrogens is 226 g/mol. The summed E-state index contributed by atoms with van der Waals surface area (Å²) in [4.78, 5) is 4.31. The van der Waals surface area contributed by atoms with Gasteiger partial charge in [-0.1, -0.05) is 6.92 Å². The first-order chi connectivity index (χ1) is 8.81. The van der Waals surface area contributed by atoms with Crippen LogP contribution < -0.4 is 5.32 Å². The van der Waals surface area contributed by atoms with Crippen molar-refractivity contribution in [2.45, 2.75) is 33.2 Å². The molecule has 1 N–H and O–H groups in total. The second kappa shape index (κ2) is 8.62. The molecule has 0 atom stereocenters. The molecule has 0 unspecified atom stereocenters. The van der Waals surface area contributed by atoms with Crippen molar-refractivity contribution in [3.05, 3.63) is 29.1 Å². The zero-order valence-corrected chi connectivity index (χ0v) is 11.2. The van der Waals surface area contributed by atoms with Crippen LogP contribution in [0.4, 0.5) is 0 Å². The lowest BCUT2D eigenvalue weighted by Crippen LogP contribution is -2.16. The lowest BCUT2D eigenvalue weighted by molar-refractivity contribution is 0.144. The monoisotopic (exact) mass is 247 g/mol. The van der Waals surface area contributed by atoms with Gasteiger partial charge in [-0.25, -0.2) is 0 Å². The van der Waals surface area contributed by atoms with Crippen molar-refractivity contribution in [3.63, 3.8) is 0 Å². The summed E-state index contributed by atoms with van der Waals surface area (Å²) in [6.45, 7) is 7.23. The van der Waals surface area contributed by atoms with E-state index in [2.05, 4.69) is 16.4 Å². The minimum absolute atomic E-state index is 0.686. The van der Waals surface area contributed by atoms with Gasteiger partial charge in [-0.2, -0.15) is 5.26 Å². The van der Waals surface area contributed by atoms with Gasteiger partial charge in [0.25, 0.3) is 0 Å². The van der Waals surface area contributed by atoms with Gasteiger partial charge < -0.3 is 10.1 Å². The molecule has 1 aromatic heterocycles. The Morgan fingerprint density at radius 2 is 2.28 bits per heavy atom. The van der Waals surface area contributed by atoms with Gasteiger partial charge >= 0.3 is 0 Å². The zero-order chi connectivity index (χ0) is 13.2. The number of hydrogen-bond acceptors (Lipinski definition) is 4. The first-order valence-corrected chi connectivity index (χ1v) is 6.48. The predicted octanol–water partition coefficient (Wildman–Crippen LogP) is 2.03. The molecule has 0 bridgehead atoms. The molecule has 0 saturated heterocycles. The molecule has 0 aliphatic heterocycles. The highest BCUT2D eigenvalue weighted by Crippen LogP contribution is 2.08. The Morgan fingerprint density at radius 3 is 2.94 bits per heavy atom. The van der Waals surface area contributed by atoms with Gasteiger partial charge in [0.2, 0.25) is 0 Å². The SMILES string of the molecule is CCOCCCNCc1cnc(CC)c(C#N)c1. The molecule has 0 amide bonds. The van der Waals surface area contributed by atoms with E-state index in [4.69, 9.17) is 10.00 Å². The quantitative estimate of drug-likeness (QED) is 0.714. The fourth-order valence-electron chi connectivity index (χ4n) is 1.69. The highest BCUT2D eigenvalue weighted by atomic mass is 16.5. The van der Waals surface area contributed by atoms with Crippen molar-refractivity contribution in [2.24, 2.45) is 0 Å². The van der Waals surface area contributed by atoms with Gasteiger partial charge in [0.05, 0.1) is 11.3 Å². The van der Waals surface area contributed by atoms with Gasteiger partial charge in [0.15, 0.2) is 0 Å². The first-order valence-electron chi connectivity index (χ1n) is 6.48. The van der Waals surface area contributed by atoms with E-state index in [0.717, 1.165) is 50.4 Å². The number of rotatable bonds is 8. The predicted molar refractivity (Wildman–Crippen MR) is 71.1 cm³/mol. The molecule has 0 fully saturated rings. The van der Waals surface area contributed by atoms with Gasteiger partial charge in [0.1, 0.15) is 6.07 Å². The van der Waals surface area contributed by atoms with Crippen LogP contribution in [0.15, 0.2) is 12.3 Å². The van der Waals surface area contributed by atoms with Crippen molar-refractivity contribution >= 4 is 0 Å². The molecule has 18 heavy (non-hydrogen) atoms. The van der Waals surface area contributed by atoms with Crippen LogP contribution >= 0.6 is 0 Å². The van der Waals surface area contributed by atoms with Gasteiger partial charge in [0, 0.05) is 26.0 Å². The van der Waals surface area contributed by atoms with Crippen molar-refractivity contribution in [1.29, 1.82) is 5.26 Å². The fourth-order valence-corrected chi connectivity index (χ4v) is 1.69. The van der Waals surface area contributed by atoms with Gasteiger partial charge in [-0.3, -0.25) is 4.98 Å². The van der Waals surface area contributed by atoms with Crippen molar-refractivity contribution in [3.8, 4) is 6.07 Å². The molecule has 0 aliphatic carbocycles. The highest BCUT2D eigenvalue weighted by Gasteiger charge is 2.03. The van der Waals surface area contributed by atoms with Crippen LogP contribution in [-0.4, -0.2) is 24.7 Å². The van der Waals surface area contributed by atoms with E-state index in [1.54, 1.807) is 0 Å². The molecule has 0 radical (unpaired) electrons. The third-order valence-electron chi connectivity index (χ3n) is 2.66. The van der Waals surface area contributed by atoms with Crippen molar-refractivity contribution in [2.75, 3.05) is 19.8 Å². The summed E-state index contributed by atoms with van der Waals surface area (Å²) in [6, 6.07) is 4.11. The minimum atomic E-state index is 0.686. The van der Waals surface area contributed by atoms with E-state index >= 15 is 0 Å². The van der Waals surface area contributed by atoms with E-state index in [-0.39, 0.29) is 0 Å². The van der Waals surface area contributed by atoms with Crippen LogP contribution in [0.1, 0.15) is 37.1 Å². The van der Waals surface area contributed by atoms with Gasteiger partial charge in [-0.05, 0) is 37.9 Å². The van der Waals surface area contributed by atoms with Crippen molar-refractivity contribution < 1.29 is 4.74 Å². The maximum Gasteiger partial charge on any atom is 0.101 e. The molecule has 1 rings (SSSR count). The summed E-state index contributed by atoms with van der Waals surface area (Å²) in [6.07, 6.45) is 3.64. The van der Waals surface area contributed by atoms with Gasteiger partial charge in [-0.15, -0.1) is 0 Å². The maximum absolute atomic E-state index is 9.02. The largest absolute Gasteiger partial charge is 0.382 e. The molecule has 4 heteroatoms. The average Bonchev–Trinajstić information content (AvgIpc) is 2.42. The van der Waals surface area contributed by atoms with E-state index in [1.807, 2.05) is 26.1 Å². The molecule has 0 spiro atoms. The summed E-state index contributed by atoms with van der Waals surface area (Å²) < 4.78 is 5.26. The van der Waals surface area contributed by atoms with Crippen LogP contribution in [0.3, 0.4) is 0 Å². The molecule has 4 nitrogen and oxygen atoms in total. The Bertz CT molecular complexity index is 399. The van der Waals surface area contributed by atoms with Crippen LogP contribution in [-0.2, 0) is 17.7 Å². The Kier molecular flexibility index (Phi) is 7.00. The number of nitriles is 1. The minimum Gasteiger partial charge on any atom is -0.382 e. The lowest BCUT2D eigenvalue weighted by atomic mass is 10.1. The lowest BCUT2D eigenvalue weighted by Gasteiger charge is -2.06. The number of hydrogen-bond donors (Lipinski definition) is 1. The van der Waals surface area contributed by atoms with Crippen LogP contribution in [0.25, 0.3) is 0 Å². The number of ether oxygens (including phenoxy) is 1. The van der Waals surface area contributed by atoms with Crippen LogP contribution in [0.2, 0.25) is 0 Å². The van der Waals surface area contributed by atoms with Crippen LogP contribution in [0.5, 0.6) is 0 Å². The van der Waals surface area contributed by atoms with Crippen LogP contribution in [0, 0.1) is 11.3 Å². The molecular formula is C14H21N3O. The number of aromatic nitrogens is 1. The number of nitrogens with one attached hydrogen (secondary N) is 1. The smallest absolute Gasteiger partial charge is 0.101 e. The van der Waals surface area contributed by atoms with E-state index in [0.29, 0.717) is 5.56 Å². The fraction of sp³-hybridized carbons (Fsp3) is 0.571. The summed E-state index contributed by atoms with van der Waals surface area (Å²) in [7, 11) is 0. The van der Waals surface area contributed by atoms with E-state index in [9.17, 15) is 0 Å². The summed E-state index contributed by atoms with van der Waals surface area (Å²) >= 11 is 0. The Morgan fingerprint density at radius 1 is 1.44 bits per heavy atom. The Hall–Kier alpha value is -1.44. The maximum atomic E-state index is 9.02. The average molecular weight is 247 g/mol. The molecule has 0 aliphatic rings. The van der Waals surface area contributed by atoms with E-state index in [1.165, 1.54) is 0 Å². The summed E-state index contributed by atoms with van der Waals surface area (Å²) in [5.41, 5.74) is 2.61. The molecule has 0 saturated carbocycles. The second-order valence-electron chi connectivity index (χ2n) is 4.03. The van der Waals surface area contributed by atoms with E-state index < -0.39 is 0 Å². The summed E-state index contributed by atoms with van der Waals surface area (Å²) in [5, 5.41) is 12.3. The topological polar surface area (TPSA) is 57.9 Å². The first kappa shape index (κ1) is 14.6. The number of pyridine rings is 1. The Labute approximate surface area is 109 Å². The number of nitrogens with zero attached hydrogens (tertiary/aromatic N) is 2.